The number of fused-ring (bicyclic) bond motifs is 1. The smallest absolute Gasteiger partial charge is 0.321 e. The molecule has 3 amide bonds. The van der Waals surface area contributed by atoms with E-state index >= 15 is 0 Å². The average Bonchev–Trinajstić information content (AvgIpc) is 3.24. The van der Waals surface area contributed by atoms with Crippen molar-refractivity contribution in [3.63, 3.8) is 0 Å². The van der Waals surface area contributed by atoms with Crippen LogP contribution >= 0.6 is 11.3 Å². The molecule has 0 spiro atoms. The first kappa shape index (κ1) is 20.2. The third kappa shape index (κ3) is 4.28. The average molecular weight is 404 g/mol. The van der Waals surface area contributed by atoms with Crippen molar-refractivity contribution in [3.05, 3.63) is 45.6 Å². The SMILES string of the molecule is CNC(=O)NC(=O)CCN1CCc2cc(OC)c(OC)cc2[C@H]1c1cccs1. The molecule has 2 heterocycles. The number of nitrogens with zero attached hydrogens (tertiary/aromatic N) is 1. The molecule has 1 atom stereocenters. The van der Waals surface area contributed by atoms with Crippen LogP contribution < -0.4 is 20.1 Å². The Labute approximate surface area is 168 Å². The van der Waals surface area contributed by atoms with Crippen molar-refractivity contribution in [2.45, 2.75) is 18.9 Å². The first-order valence-corrected chi connectivity index (χ1v) is 9.99. The second-order valence-corrected chi connectivity index (χ2v) is 7.47. The minimum absolute atomic E-state index is 0.0383. The highest BCUT2D eigenvalue weighted by Gasteiger charge is 2.31. The van der Waals surface area contributed by atoms with Gasteiger partial charge in [-0.2, -0.15) is 0 Å². The van der Waals surface area contributed by atoms with E-state index in [1.54, 1.807) is 25.6 Å². The van der Waals surface area contributed by atoms with Crippen molar-refractivity contribution in [1.82, 2.24) is 15.5 Å². The highest BCUT2D eigenvalue weighted by atomic mass is 32.1. The third-order valence-electron chi connectivity index (χ3n) is 4.89. The molecule has 2 N–H and O–H groups in total. The van der Waals surface area contributed by atoms with Gasteiger partial charge in [-0.3, -0.25) is 15.0 Å². The molecule has 0 fully saturated rings. The molecule has 8 heteroatoms. The van der Waals surface area contributed by atoms with Crippen LogP contribution in [0, 0.1) is 0 Å². The van der Waals surface area contributed by atoms with E-state index in [4.69, 9.17) is 9.47 Å². The summed E-state index contributed by atoms with van der Waals surface area (Å²) in [5, 5.41) is 6.77. The molecule has 1 aliphatic rings. The van der Waals surface area contributed by atoms with Gasteiger partial charge in [-0.15, -0.1) is 11.3 Å². The summed E-state index contributed by atoms with van der Waals surface area (Å²) in [5.74, 6) is 1.13. The molecule has 0 radical (unpaired) electrons. The number of hydrogen-bond acceptors (Lipinski definition) is 6. The van der Waals surface area contributed by atoms with E-state index in [9.17, 15) is 9.59 Å². The fraction of sp³-hybridized carbons (Fsp3) is 0.400. The van der Waals surface area contributed by atoms with E-state index in [0.717, 1.165) is 24.3 Å². The minimum atomic E-state index is -0.486. The van der Waals surface area contributed by atoms with Crippen LogP contribution in [0.3, 0.4) is 0 Å². The number of urea groups is 1. The number of methoxy groups -OCH3 is 2. The van der Waals surface area contributed by atoms with Crippen LogP contribution in [-0.4, -0.2) is 51.2 Å². The van der Waals surface area contributed by atoms with Gasteiger partial charge >= 0.3 is 6.03 Å². The summed E-state index contributed by atoms with van der Waals surface area (Å²) in [7, 11) is 4.76. The quantitative estimate of drug-likeness (QED) is 0.775. The number of ether oxygens (including phenoxy) is 2. The van der Waals surface area contributed by atoms with Gasteiger partial charge < -0.3 is 14.8 Å². The maximum Gasteiger partial charge on any atom is 0.321 e. The molecule has 28 heavy (non-hydrogen) atoms. The maximum absolute atomic E-state index is 12.0. The van der Waals surface area contributed by atoms with Gasteiger partial charge in [-0.1, -0.05) is 6.07 Å². The van der Waals surface area contributed by atoms with E-state index in [-0.39, 0.29) is 18.4 Å². The highest BCUT2D eigenvalue weighted by Crippen LogP contribution is 2.42. The van der Waals surface area contributed by atoms with Gasteiger partial charge in [0.2, 0.25) is 5.91 Å². The van der Waals surface area contributed by atoms with Gasteiger partial charge in [0, 0.05) is 31.4 Å². The lowest BCUT2D eigenvalue weighted by atomic mass is 9.90. The van der Waals surface area contributed by atoms with E-state index in [2.05, 4.69) is 27.0 Å². The monoisotopic (exact) mass is 403 g/mol. The zero-order valence-electron chi connectivity index (χ0n) is 16.3. The van der Waals surface area contributed by atoms with Crippen LogP contribution in [0.4, 0.5) is 4.79 Å². The normalized spacial score (nSPS) is 16.2. The molecule has 0 unspecified atom stereocenters. The van der Waals surface area contributed by atoms with E-state index < -0.39 is 6.03 Å². The molecule has 0 saturated carbocycles. The Morgan fingerprint density at radius 3 is 2.64 bits per heavy atom. The predicted molar refractivity (Wildman–Crippen MR) is 108 cm³/mol. The van der Waals surface area contributed by atoms with Crippen molar-refractivity contribution < 1.29 is 19.1 Å². The fourth-order valence-corrected chi connectivity index (χ4v) is 4.39. The highest BCUT2D eigenvalue weighted by molar-refractivity contribution is 7.10. The Kier molecular flexibility index (Phi) is 6.53. The van der Waals surface area contributed by atoms with Crippen LogP contribution in [0.25, 0.3) is 0 Å². The summed E-state index contributed by atoms with van der Waals surface area (Å²) >= 11 is 1.69. The summed E-state index contributed by atoms with van der Waals surface area (Å²) < 4.78 is 11.0. The molecular weight excluding hydrogens is 378 g/mol. The van der Waals surface area contributed by atoms with Crippen molar-refractivity contribution in [2.75, 3.05) is 34.4 Å². The zero-order valence-corrected chi connectivity index (χ0v) is 17.1. The fourth-order valence-electron chi connectivity index (χ4n) is 3.52. The van der Waals surface area contributed by atoms with Crippen LogP contribution in [0.1, 0.15) is 28.5 Å². The van der Waals surface area contributed by atoms with E-state index in [1.807, 2.05) is 18.2 Å². The van der Waals surface area contributed by atoms with Gasteiger partial charge in [0.15, 0.2) is 11.5 Å². The molecule has 1 aliphatic heterocycles. The van der Waals surface area contributed by atoms with Gasteiger partial charge in [-0.05, 0) is 41.1 Å². The molecule has 1 aromatic carbocycles. The largest absolute Gasteiger partial charge is 0.493 e. The van der Waals surface area contributed by atoms with Crippen LogP contribution in [0.15, 0.2) is 29.6 Å². The van der Waals surface area contributed by atoms with Gasteiger partial charge in [-0.25, -0.2) is 4.79 Å². The van der Waals surface area contributed by atoms with Crippen molar-refractivity contribution >= 4 is 23.3 Å². The Morgan fingerprint density at radius 2 is 2.00 bits per heavy atom. The van der Waals surface area contributed by atoms with Gasteiger partial charge in [0.25, 0.3) is 0 Å². The first-order chi connectivity index (χ1) is 13.6. The number of amides is 3. The summed E-state index contributed by atoms with van der Waals surface area (Å²) in [6, 6.07) is 7.78. The van der Waals surface area contributed by atoms with Gasteiger partial charge in [0.05, 0.1) is 20.3 Å². The predicted octanol–water partition coefficient (Wildman–Crippen LogP) is 2.56. The molecular formula is C20H25N3O4S. The number of benzene rings is 1. The number of carbonyl (C=O) groups is 2. The summed E-state index contributed by atoms with van der Waals surface area (Å²) in [6.45, 7) is 1.37. The second kappa shape index (κ2) is 9.07. The lowest BCUT2D eigenvalue weighted by molar-refractivity contribution is -0.120. The van der Waals surface area contributed by atoms with Crippen LogP contribution in [0.2, 0.25) is 0 Å². The van der Waals surface area contributed by atoms with Gasteiger partial charge in [0.1, 0.15) is 0 Å². The van der Waals surface area contributed by atoms with Crippen LogP contribution in [-0.2, 0) is 11.2 Å². The topological polar surface area (TPSA) is 79.9 Å². The molecule has 2 aromatic rings. The minimum Gasteiger partial charge on any atom is -0.493 e. The lowest BCUT2D eigenvalue weighted by Gasteiger charge is -2.37. The number of thiophene rings is 1. The number of rotatable bonds is 6. The number of nitrogens with one attached hydrogen (secondary N) is 2. The summed E-state index contributed by atoms with van der Waals surface area (Å²) in [4.78, 5) is 26.9. The molecule has 1 aromatic heterocycles. The second-order valence-electron chi connectivity index (χ2n) is 6.49. The summed E-state index contributed by atoms with van der Waals surface area (Å²) in [6.07, 6.45) is 1.10. The Hall–Kier alpha value is -2.58. The molecule has 150 valence electrons. The van der Waals surface area contributed by atoms with E-state index in [0.29, 0.717) is 12.3 Å². The number of carbonyl (C=O) groups excluding carboxylic acids is 2. The van der Waals surface area contributed by atoms with Crippen molar-refractivity contribution in [3.8, 4) is 11.5 Å². The summed E-state index contributed by atoms with van der Waals surface area (Å²) in [5.41, 5.74) is 2.39. The van der Waals surface area contributed by atoms with E-state index in [1.165, 1.54) is 17.5 Å². The first-order valence-electron chi connectivity index (χ1n) is 9.11. The zero-order chi connectivity index (χ0) is 20.1. The Morgan fingerprint density at radius 1 is 1.25 bits per heavy atom. The Balaban J connectivity index is 1.87. The third-order valence-corrected chi connectivity index (χ3v) is 5.82. The maximum atomic E-state index is 12.0. The van der Waals surface area contributed by atoms with Crippen molar-refractivity contribution in [1.29, 1.82) is 0 Å². The molecule has 0 saturated heterocycles. The molecule has 7 nitrogen and oxygen atoms in total. The molecule has 0 aliphatic carbocycles. The Bertz CT molecular complexity index is 838. The molecule has 3 rings (SSSR count). The lowest BCUT2D eigenvalue weighted by Crippen LogP contribution is -2.41. The number of hydrogen-bond donors (Lipinski definition) is 2. The number of imide groups is 1. The molecule has 0 bridgehead atoms. The standard InChI is InChI=1S/C20H25N3O4S/c1-21-20(25)22-18(24)7-9-23-8-6-13-11-15(26-2)16(27-3)12-14(13)19(23)17-5-4-10-28-17/h4-5,10-12,19H,6-9H2,1-3H3,(H2,21,22,24,25)/t19-/m0/s1. The van der Waals surface area contributed by atoms with Crippen LogP contribution in [0.5, 0.6) is 11.5 Å². The van der Waals surface area contributed by atoms with Crippen molar-refractivity contribution in [2.24, 2.45) is 0 Å².